The molecule has 2 aromatic heterocycles. The lowest BCUT2D eigenvalue weighted by Crippen LogP contribution is -2.48. The van der Waals surface area contributed by atoms with Gasteiger partial charge >= 0.3 is 12.2 Å². The van der Waals surface area contributed by atoms with Gasteiger partial charge in [0, 0.05) is 36.6 Å². The van der Waals surface area contributed by atoms with Crippen LogP contribution in [-0.2, 0) is 6.18 Å². The van der Waals surface area contributed by atoms with Crippen molar-refractivity contribution in [3.8, 4) is 17.1 Å². The maximum Gasteiger partial charge on any atom is 0.416 e. The number of alkyl halides is 3. The predicted octanol–water partition coefficient (Wildman–Crippen LogP) is 3.53. The molecule has 4 heterocycles. The molecule has 2 atom stereocenters. The van der Waals surface area contributed by atoms with Crippen molar-refractivity contribution in [3.05, 3.63) is 60.3 Å². The minimum atomic E-state index is -4.48. The Bertz CT molecular complexity index is 1310. The molecule has 0 radical (unpaired) electrons. The average molecular weight is 515 g/mol. The molecule has 2 amide bonds. The molecular formula is C25H24F3N5O4. The Balaban J connectivity index is 1.42. The lowest BCUT2D eigenvalue weighted by atomic mass is 10.1. The maximum absolute atomic E-state index is 13.4. The van der Waals surface area contributed by atoms with Gasteiger partial charge in [-0.1, -0.05) is 12.1 Å². The van der Waals surface area contributed by atoms with Gasteiger partial charge in [0.1, 0.15) is 12.7 Å². The average Bonchev–Trinajstić information content (AvgIpc) is 3.31. The number of aliphatic hydroxyl groups is 2. The normalized spacial score (nSPS) is 17.4. The number of ether oxygens (including phenoxy) is 1. The summed E-state index contributed by atoms with van der Waals surface area (Å²) in [7, 11) is 0. The minimum Gasteiger partial charge on any atom is -0.475 e. The molecule has 1 aromatic carbocycles. The number of benzene rings is 1. The number of aliphatic hydroxyl groups excluding tert-OH is 2. The molecule has 3 N–H and O–H groups in total. The van der Waals surface area contributed by atoms with Gasteiger partial charge in [-0.2, -0.15) is 13.2 Å². The van der Waals surface area contributed by atoms with E-state index < -0.39 is 30.5 Å². The van der Waals surface area contributed by atoms with Crippen LogP contribution in [0.4, 0.5) is 35.2 Å². The Kier molecular flexibility index (Phi) is 6.61. The summed E-state index contributed by atoms with van der Waals surface area (Å²) < 4.78 is 45.1. The molecule has 0 saturated carbocycles. The second kappa shape index (κ2) is 9.87. The first-order chi connectivity index (χ1) is 17.7. The molecule has 37 heavy (non-hydrogen) atoms. The van der Waals surface area contributed by atoms with Gasteiger partial charge in [0.25, 0.3) is 0 Å². The zero-order valence-electron chi connectivity index (χ0n) is 19.5. The molecule has 3 aromatic rings. The number of pyridine rings is 2. The number of amides is 2. The number of carbonyl (C=O) groups excluding carboxylic acids is 1. The molecule has 1 unspecified atom stereocenters. The van der Waals surface area contributed by atoms with Crippen LogP contribution < -0.4 is 19.9 Å². The Morgan fingerprint density at radius 1 is 1.22 bits per heavy atom. The number of halogens is 3. The Morgan fingerprint density at radius 2 is 2.05 bits per heavy atom. The van der Waals surface area contributed by atoms with Gasteiger partial charge in [-0.3, -0.25) is 4.90 Å². The smallest absolute Gasteiger partial charge is 0.416 e. The summed E-state index contributed by atoms with van der Waals surface area (Å²) in [5.41, 5.74) is 0.977. The van der Waals surface area contributed by atoms with Crippen molar-refractivity contribution in [1.29, 1.82) is 0 Å². The molecular weight excluding hydrogens is 491 g/mol. The number of nitrogens with zero attached hydrogens (tertiary/aromatic N) is 4. The zero-order valence-corrected chi connectivity index (χ0v) is 19.5. The summed E-state index contributed by atoms with van der Waals surface area (Å²) in [5, 5.41) is 21.2. The van der Waals surface area contributed by atoms with Crippen LogP contribution in [-0.4, -0.2) is 64.7 Å². The van der Waals surface area contributed by atoms with E-state index in [0.29, 0.717) is 35.7 Å². The summed E-state index contributed by atoms with van der Waals surface area (Å²) in [6.45, 7) is 0.723. The molecule has 0 spiro atoms. The van der Waals surface area contributed by atoms with Crippen molar-refractivity contribution < 1.29 is 32.9 Å². The second-order valence-electron chi connectivity index (χ2n) is 8.84. The monoisotopic (exact) mass is 515 g/mol. The fraction of sp³-hybridized carbons (Fsp3) is 0.320. The molecule has 2 aliphatic rings. The third-order valence-corrected chi connectivity index (χ3v) is 6.28. The van der Waals surface area contributed by atoms with Crippen LogP contribution in [0.1, 0.15) is 12.0 Å². The number of fused-ring (bicyclic) bond motifs is 4. The zero-order chi connectivity index (χ0) is 26.2. The van der Waals surface area contributed by atoms with Crippen molar-refractivity contribution in [2.24, 2.45) is 0 Å². The molecule has 2 bridgehead atoms. The van der Waals surface area contributed by atoms with Crippen LogP contribution >= 0.6 is 0 Å². The minimum absolute atomic E-state index is 0.154. The standard InChI is InChI=1S/C25H24F3N5O4/c26-25(27,28)16-3-1-2-15(10-16)20-4-5-21-23(31-20)33(18-7-9-32(21)12-18)24(36)30-17-6-8-29-22(11-17)37-14-19(35)13-34/h1-6,8,10-11,18-19,34-35H,7,9,12-14H2,(H,29,30,36)/t18-,19?/m0/s1. The first-order valence-electron chi connectivity index (χ1n) is 11.6. The van der Waals surface area contributed by atoms with E-state index in [2.05, 4.69) is 20.2 Å². The highest BCUT2D eigenvalue weighted by atomic mass is 19.4. The molecule has 9 nitrogen and oxygen atoms in total. The molecule has 12 heteroatoms. The van der Waals surface area contributed by atoms with Gasteiger partial charge in [-0.25, -0.2) is 14.8 Å². The molecule has 194 valence electrons. The number of rotatable bonds is 6. The molecule has 2 aliphatic heterocycles. The van der Waals surface area contributed by atoms with E-state index in [1.54, 1.807) is 29.2 Å². The number of anilines is 3. The van der Waals surface area contributed by atoms with Crippen LogP contribution in [0.5, 0.6) is 5.88 Å². The SMILES string of the molecule is O=C(Nc1ccnc(OCC(O)CO)c1)N1c2nc(-c3cccc(C(F)(F)F)c3)ccc2N2CC[C@H]1C2. The first kappa shape index (κ1) is 24.8. The maximum atomic E-state index is 13.4. The summed E-state index contributed by atoms with van der Waals surface area (Å²) >= 11 is 0. The molecule has 0 aliphatic carbocycles. The predicted molar refractivity (Wildman–Crippen MR) is 130 cm³/mol. The number of hydrogen-bond acceptors (Lipinski definition) is 7. The van der Waals surface area contributed by atoms with E-state index in [1.165, 1.54) is 18.3 Å². The highest BCUT2D eigenvalue weighted by Crippen LogP contribution is 2.41. The summed E-state index contributed by atoms with van der Waals surface area (Å²) in [5.74, 6) is 0.527. The van der Waals surface area contributed by atoms with E-state index >= 15 is 0 Å². The van der Waals surface area contributed by atoms with Crippen molar-refractivity contribution in [1.82, 2.24) is 9.97 Å². The Hall–Kier alpha value is -3.90. The topological polar surface area (TPSA) is 111 Å². The van der Waals surface area contributed by atoms with Crippen molar-refractivity contribution in [3.63, 3.8) is 0 Å². The van der Waals surface area contributed by atoms with Crippen molar-refractivity contribution in [2.45, 2.75) is 24.7 Å². The van der Waals surface area contributed by atoms with E-state index in [4.69, 9.17) is 9.84 Å². The fourth-order valence-corrected chi connectivity index (χ4v) is 4.47. The van der Waals surface area contributed by atoms with Crippen LogP contribution in [0.3, 0.4) is 0 Å². The first-order valence-corrected chi connectivity index (χ1v) is 11.6. The van der Waals surface area contributed by atoms with Gasteiger partial charge in [-0.15, -0.1) is 0 Å². The van der Waals surface area contributed by atoms with E-state index in [-0.39, 0.29) is 18.5 Å². The summed E-state index contributed by atoms with van der Waals surface area (Å²) in [6.07, 6.45) is -3.40. The lowest BCUT2D eigenvalue weighted by Gasteiger charge is -2.36. The van der Waals surface area contributed by atoms with E-state index in [9.17, 15) is 23.1 Å². The number of carbonyl (C=O) groups is 1. The highest BCUT2D eigenvalue weighted by molar-refractivity contribution is 6.04. The van der Waals surface area contributed by atoms with E-state index in [1.807, 2.05) is 0 Å². The van der Waals surface area contributed by atoms with Crippen molar-refractivity contribution in [2.75, 3.05) is 41.4 Å². The van der Waals surface area contributed by atoms with Gasteiger partial charge in [0.2, 0.25) is 5.88 Å². The largest absolute Gasteiger partial charge is 0.475 e. The van der Waals surface area contributed by atoms with Gasteiger partial charge in [-0.05, 0) is 36.8 Å². The number of nitrogens with one attached hydrogen (secondary N) is 1. The number of hydrogen-bond donors (Lipinski definition) is 3. The van der Waals surface area contributed by atoms with Crippen LogP contribution in [0.25, 0.3) is 11.3 Å². The molecule has 1 saturated heterocycles. The Labute approximate surface area is 210 Å². The third-order valence-electron chi connectivity index (χ3n) is 6.28. The quantitative estimate of drug-likeness (QED) is 0.461. The van der Waals surface area contributed by atoms with Crippen molar-refractivity contribution >= 4 is 23.2 Å². The third kappa shape index (κ3) is 5.16. The number of urea groups is 1. The fourth-order valence-electron chi connectivity index (χ4n) is 4.47. The van der Waals surface area contributed by atoms with Gasteiger partial charge in [0.15, 0.2) is 5.82 Å². The van der Waals surface area contributed by atoms with E-state index in [0.717, 1.165) is 24.4 Å². The van der Waals surface area contributed by atoms with Crippen LogP contribution in [0, 0.1) is 0 Å². The van der Waals surface area contributed by atoms with Gasteiger partial charge < -0.3 is 25.2 Å². The molecule has 1 fully saturated rings. The highest BCUT2D eigenvalue weighted by Gasteiger charge is 2.40. The summed E-state index contributed by atoms with van der Waals surface area (Å²) in [6, 6.07) is 10.8. The molecule has 5 rings (SSSR count). The number of aromatic nitrogens is 2. The second-order valence-corrected chi connectivity index (χ2v) is 8.84. The lowest BCUT2D eigenvalue weighted by molar-refractivity contribution is -0.137. The van der Waals surface area contributed by atoms with Crippen LogP contribution in [0.2, 0.25) is 0 Å². The van der Waals surface area contributed by atoms with Crippen LogP contribution in [0.15, 0.2) is 54.7 Å². The Morgan fingerprint density at radius 3 is 2.84 bits per heavy atom. The van der Waals surface area contributed by atoms with Gasteiger partial charge in [0.05, 0.1) is 29.6 Å². The summed E-state index contributed by atoms with van der Waals surface area (Å²) in [4.78, 5) is 25.8.